The van der Waals surface area contributed by atoms with Crippen molar-refractivity contribution in [2.45, 2.75) is 38.5 Å². The van der Waals surface area contributed by atoms with E-state index in [0.29, 0.717) is 25.4 Å². The van der Waals surface area contributed by atoms with Crippen LogP contribution in [0.5, 0.6) is 11.5 Å². The van der Waals surface area contributed by atoms with Gasteiger partial charge in [0.25, 0.3) is 5.91 Å². The van der Waals surface area contributed by atoms with Gasteiger partial charge in [0.15, 0.2) is 6.10 Å². The molecule has 3 aromatic rings. The average Bonchev–Trinajstić information content (AvgIpc) is 3.31. The predicted molar refractivity (Wildman–Crippen MR) is 125 cm³/mol. The summed E-state index contributed by atoms with van der Waals surface area (Å²) in [5, 5.41) is 2.86. The van der Waals surface area contributed by atoms with Crippen molar-refractivity contribution in [3.63, 3.8) is 0 Å². The number of ether oxygens (including phenoxy) is 2. The van der Waals surface area contributed by atoms with Crippen molar-refractivity contribution in [3.8, 4) is 11.5 Å². The SMILES string of the molecule is O=C(C1CN(Cc2csc(COc3ccc(F)cc3)n2)c2ccccc2O1)N1CCCCC1. The number of hydrogen-bond acceptors (Lipinski definition) is 6. The van der Waals surface area contributed by atoms with E-state index in [4.69, 9.17) is 14.5 Å². The van der Waals surface area contributed by atoms with Crippen molar-refractivity contribution >= 4 is 22.9 Å². The molecule has 8 heteroatoms. The minimum atomic E-state index is -0.516. The van der Waals surface area contributed by atoms with Crippen LogP contribution >= 0.6 is 11.3 Å². The quantitative estimate of drug-likeness (QED) is 0.529. The Balaban J connectivity index is 1.27. The van der Waals surface area contributed by atoms with E-state index in [0.717, 1.165) is 48.1 Å². The summed E-state index contributed by atoms with van der Waals surface area (Å²) < 4.78 is 24.9. The van der Waals surface area contributed by atoms with Gasteiger partial charge in [-0.25, -0.2) is 9.37 Å². The highest BCUT2D eigenvalue weighted by atomic mass is 32.1. The van der Waals surface area contributed by atoms with Gasteiger partial charge in [0.05, 0.1) is 24.5 Å². The molecule has 0 spiro atoms. The number of nitrogens with zero attached hydrogens (tertiary/aromatic N) is 3. The van der Waals surface area contributed by atoms with Crippen LogP contribution in [0.4, 0.5) is 10.1 Å². The summed E-state index contributed by atoms with van der Waals surface area (Å²) in [6.45, 7) is 3.02. The van der Waals surface area contributed by atoms with Gasteiger partial charge < -0.3 is 19.3 Å². The first-order chi connectivity index (χ1) is 16.2. The molecule has 1 unspecified atom stereocenters. The molecule has 6 nitrogen and oxygen atoms in total. The highest BCUT2D eigenvalue weighted by Gasteiger charge is 2.34. The third kappa shape index (κ3) is 5.11. The molecule has 0 saturated carbocycles. The molecular formula is C25H26FN3O3S. The Morgan fingerprint density at radius 1 is 1.12 bits per heavy atom. The number of hydrogen-bond donors (Lipinski definition) is 0. The fourth-order valence-corrected chi connectivity index (χ4v) is 4.96. The van der Waals surface area contributed by atoms with Crippen LogP contribution in [0.3, 0.4) is 0 Å². The zero-order valence-electron chi connectivity index (χ0n) is 18.3. The standard InChI is InChI=1S/C25H26FN3O3S/c26-18-8-10-20(11-9-18)31-16-24-27-19(17-33-24)14-29-15-23(25(30)28-12-4-1-5-13-28)32-22-7-3-2-6-21(22)29/h2-3,6-11,17,23H,1,4-5,12-16H2. The van der Waals surface area contributed by atoms with Gasteiger partial charge in [0.2, 0.25) is 0 Å². The second kappa shape index (κ2) is 9.79. The molecule has 1 atom stereocenters. The fourth-order valence-electron chi connectivity index (χ4n) is 4.26. The highest BCUT2D eigenvalue weighted by Crippen LogP contribution is 2.35. The molecule has 33 heavy (non-hydrogen) atoms. The van der Waals surface area contributed by atoms with Crippen LogP contribution in [0.25, 0.3) is 0 Å². The van der Waals surface area contributed by atoms with Gasteiger partial charge in [-0.05, 0) is 55.7 Å². The molecule has 1 aromatic heterocycles. The summed E-state index contributed by atoms with van der Waals surface area (Å²) in [6, 6.07) is 13.8. The first-order valence-corrected chi connectivity index (χ1v) is 12.1. The molecule has 5 rings (SSSR count). The Hall–Kier alpha value is -3.13. The van der Waals surface area contributed by atoms with E-state index in [-0.39, 0.29) is 11.7 Å². The first kappa shape index (κ1) is 21.7. The number of rotatable bonds is 6. The largest absolute Gasteiger partial charge is 0.486 e. The van der Waals surface area contributed by atoms with Gasteiger partial charge in [-0.2, -0.15) is 0 Å². The Morgan fingerprint density at radius 3 is 2.73 bits per heavy atom. The molecular weight excluding hydrogens is 441 g/mol. The summed E-state index contributed by atoms with van der Waals surface area (Å²) in [5.74, 6) is 1.12. The van der Waals surface area contributed by atoms with Crippen molar-refractivity contribution < 1.29 is 18.7 Å². The number of para-hydroxylation sites is 2. The Bertz CT molecular complexity index is 1100. The van der Waals surface area contributed by atoms with E-state index in [1.54, 1.807) is 12.1 Å². The summed E-state index contributed by atoms with van der Waals surface area (Å²) in [5.41, 5.74) is 1.89. The zero-order chi connectivity index (χ0) is 22.6. The van der Waals surface area contributed by atoms with Crippen molar-refractivity contribution in [1.29, 1.82) is 0 Å². The van der Waals surface area contributed by atoms with Gasteiger partial charge in [0.1, 0.15) is 28.9 Å². The van der Waals surface area contributed by atoms with Crippen LogP contribution in [0, 0.1) is 5.82 Å². The molecule has 0 bridgehead atoms. The lowest BCUT2D eigenvalue weighted by Gasteiger charge is -2.38. The van der Waals surface area contributed by atoms with E-state index in [2.05, 4.69) is 4.90 Å². The van der Waals surface area contributed by atoms with E-state index < -0.39 is 6.10 Å². The number of aromatic nitrogens is 1. The number of fused-ring (bicyclic) bond motifs is 1. The van der Waals surface area contributed by atoms with E-state index >= 15 is 0 Å². The van der Waals surface area contributed by atoms with E-state index in [9.17, 15) is 9.18 Å². The third-order valence-corrected chi connectivity index (χ3v) is 6.80. The van der Waals surface area contributed by atoms with Crippen LogP contribution in [0.2, 0.25) is 0 Å². The zero-order valence-corrected chi connectivity index (χ0v) is 19.1. The van der Waals surface area contributed by atoms with Gasteiger partial charge >= 0.3 is 0 Å². The maximum absolute atomic E-state index is 13.1. The van der Waals surface area contributed by atoms with Gasteiger partial charge in [-0.3, -0.25) is 4.79 Å². The van der Waals surface area contributed by atoms with Crippen molar-refractivity contribution in [1.82, 2.24) is 9.88 Å². The molecule has 0 aliphatic carbocycles. The number of anilines is 1. The number of halogens is 1. The second-order valence-corrected chi connectivity index (χ2v) is 9.26. The minimum Gasteiger partial charge on any atom is -0.486 e. The van der Waals surface area contributed by atoms with Gasteiger partial charge in [-0.1, -0.05) is 12.1 Å². The van der Waals surface area contributed by atoms with E-state index in [1.165, 1.54) is 29.9 Å². The Labute approximate surface area is 196 Å². The summed E-state index contributed by atoms with van der Waals surface area (Å²) >= 11 is 1.53. The number of likely N-dealkylation sites (tertiary alicyclic amines) is 1. The van der Waals surface area contributed by atoms with Gasteiger partial charge in [-0.15, -0.1) is 11.3 Å². The number of piperidine rings is 1. The first-order valence-electron chi connectivity index (χ1n) is 11.3. The minimum absolute atomic E-state index is 0.0702. The van der Waals surface area contributed by atoms with Crippen LogP contribution in [-0.4, -0.2) is 41.5 Å². The average molecular weight is 468 g/mol. The number of thiazole rings is 1. The van der Waals surface area contributed by atoms with Crippen molar-refractivity contribution in [2.75, 3.05) is 24.5 Å². The molecule has 0 N–H and O–H groups in total. The molecule has 1 amide bonds. The van der Waals surface area contributed by atoms with Crippen LogP contribution < -0.4 is 14.4 Å². The molecule has 2 aliphatic heterocycles. The topological polar surface area (TPSA) is 54.9 Å². The second-order valence-electron chi connectivity index (χ2n) is 8.32. The molecule has 0 radical (unpaired) electrons. The molecule has 2 aromatic carbocycles. The Morgan fingerprint density at radius 2 is 1.91 bits per heavy atom. The molecule has 2 aliphatic rings. The van der Waals surface area contributed by atoms with Crippen LogP contribution in [0.15, 0.2) is 53.9 Å². The number of benzene rings is 2. The van der Waals surface area contributed by atoms with E-state index in [1.807, 2.05) is 34.5 Å². The molecule has 3 heterocycles. The summed E-state index contributed by atoms with van der Waals surface area (Å²) in [4.78, 5) is 21.9. The van der Waals surface area contributed by atoms with Crippen molar-refractivity contribution in [2.24, 2.45) is 0 Å². The predicted octanol–water partition coefficient (Wildman–Crippen LogP) is 4.64. The smallest absolute Gasteiger partial charge is 0.265 e. The molecule has 1 fully saturated rings. The van der Waals surface area contributed by atoms with Crippen molar-refractivity contribution in [3.05, 3.63) is 70.4 Å². The maximum Gasteiger partial charge on any atom is 0.265 e. The lowest BCUT2D eigenvalue weighted by Crippen LogP contribution is -2.51. The lowest BCUT2D eigenvalue weighted by molar-refractivity contribution is -0.139. The third-order valence-electron chi connectivity index (χ3n) is 5.93. The normalized spacial score (nSPS) is 17.9. The number of carbonyl (C=O) groups is 1. The fraction of sp³-hybridized carbons (Fsp3) is 0.360. The number of carbonyl (C=O) groups excluding carboxylic acids is 1. The number of amides is 1. The summed E-state index contributed by atoms with van der Waals surface area (Å²) in [6.07, 6.45) is 2.78. The highest BCUT2D eigenvalue weighted by molar-refractivity contribution is 7.09. The molecule has 172 valence electrons. The Kier molecular flexibility index (Phi) is 6.44. The lowest BCUT2D eigenvalue weighted by atomic mass is 10.1. The molecule has 1 saturated heterocycles. The van der Waals surface area contributed by atoms with Gasteiger partial charge in [0, 0.05) is 18.5 Å². The summed E-state index contributed by atoms with van der Waals surface area (Å²) in [7, 11) is 0. The monoisotopic (exact) mass is 467 g/mol. The van der Waals surface area contributed by atoms with Crippen LogP contribution in [-0.2, 0) is 17.9 Å². The van der Waals surface area contributed by atoms with Crippen LogP contribution in [0.1, 0.15) is 30.0 Å². The maximum atomic E-state index is 13.1.